The largest absolute Gasteiger partial charge is 0.465 e. The molecule has 4 atom stereocenters. The minimum absolute atomic E-state index is 0.0552. The molecule has 4 unspecified atom stereocenters. The molecule has 0 saturated carbocycles. The molecule has 3 amide bonds. The number of carbonyl (C=O) groups is 7. The summed E-state index contributed by atoms with van der Waals surface area (Å²) < 4.78 is 32.4. The van der Waals surface area contributed by atoms with E-state index in [9.17, 15) is 33.6 Å². The monoisotopic (exact) mass is 1610 g/mol. The number of rotatable bonds is 9. The van der Waals surface area contributed by atoms with Crippen LogP contribution in [-0.2, 0) is 34.0 Å². The molecular formula is C75H77Cl4N11O13S4. The molecule has 9 aliphatic rings. The Bertz CT molecular complexity index is 4720. The number of ketones is 2. The van der Waals surface area contributed by atoms with Gasteiger partial charge in [0.1, 0.15) is 20.3 Å². The number of amides is 3. The van der Waals surface area contributed by atoms with E-state index in [1.165, 1.54) is 59.4 Å². The number of fused-ring (bicyclic) bond motifs is 7. The number of esters is 2. The van der Waals surface area contributed by atoms with E-state index in [-0.39, 0.29) is 53.0 Å². The fraction of sp³-hybridized carbons (Fsp3) is 0.427. The molecule has 107 heavy (non-hydrogen) atoms. The summed E-state index contributed by atoms with van der Waals surface area (Å²) in [7, 11) is 1.33. The van der Waals surface area contributed by atoms with Crippen molar-refractivity contribution in [2.45, 2.75) is 75.7 Å². The number of aromatic nitrogens is 4. The Kier molecular flexibility index (Phi) is 23.9. The Morgan fingerprint density at radius 2 is 0.935 bits per heavy atom. The van der Waals surface area contributed by atoms with Crippen LogP contribution in [0.2, 0.25) is 20.1 Å². The topological polar surface area (TPSA) is 275 Å². The van der Waals surface area contributed by atoms with Crippen LogP contribution in [0.4, 0.5) is 20.5 Å². The van der Waals surface area contributed by atoms with Crippen molar-refractivity contribution >= 4 is 154 Å². The third-order valence-electron chi connectivity index (χ3n) is 20.0. The second kappa shape index (κ2) is 33.6. The lowest BCUT2D eigenvalue weighted by Crippen LogP contribution is -2.36. The van der Waals surface area contributed by atoms with Gasteiger partial charge in [0, 0.05) is 114 Å². The Labute approximate surface area is 653 Å². The van der Waals surface area contributed by atoms with Gasteiger partial charge in [0.15, 0.2) is 37.7 Å². The maximum absolute atomic E-state index is 12.7. The third kappa shape index (κ3) is 16.3. The van der Waals surface area contributed by atoms with Gasteiger partial charge in [0.25, 0.3) is 17.7 Å². The average Bonchev–Trinajstić information content (AvgIpc) is 1.56. The third-order valence-corrected chi connectivity index (χ3v) is 26.0. The first-order valence-electron chi connectivity index (χ1n) is 35.5. The molecule has 8 aliphatic heterocycles. The maximum Gasteiger partial charge on any atom is 0.339 e. The average molecular weight is 1610 g/mol. The summed E-state index contributed by atoms with van der Waals surface area (Å²) in [6.45, 7) is 16.5. The molecule has 32 heteroatoms. The van der Waals surface area contributed by atoms with Crippen molar-refractivity contribution in [3.63, 3.8) is 0 Å². The highest BCUT2D eigenvalue weighted by Gasteiger charge is 2.52. The molecule has 1 aliphatic carbocycles. The summed E-state index contributed by atoms with van der Waals surface area (Å²) in [5, 5.41) is 14.1. The predicted molar refractivity (Wildman–Crippen MR) is 413 cm³/mol. The maximum atomic E-state index is 12.7. The molecule has 8 aromatic rings. The highest BCUT2D eigenvalue weighted by molar-refractivity contribution is 7.18. The predicted octanol–water partition coefficient (Wildman–Crippen LogP) is 12.4. The normalized spacial score (nSPS) is 21.2. The van der Waals surface area contributed by atoms with Gasteiger partial charge in [-0.1, -0.05) is 128 Å². The molecule has 3 N–H and O–H groups in total. The standard InChI is InChI=1S/C19H20ClN3O4S.C19H20ClN3O3S.C19H19N3O4S.C18H18Cl2N2O2S/c1-26-18(25)13-10-11(2-3-14(13)20)12-4-5-21-17(24)16-15(12)22-19(28-16)23-6-8-27-9-7-23;1-11(24)14-10-12(2-3-15(14)20)13-4-5-21-18(25)17-16(13)22-19(27-17)23-6-8-26-9-7-23;1-11-2-3-13-12(10-11)17(24)26-19(13)4-5-20-16(23)14-15(19)21-18(27-14)22-6-8-25-9-7-22;19-13-5-4-11(10-14(13)20)12-2-1-3-15(23)17-16(12)21-18(25-17)22-6-8-24-9-7-22/h2-3,10,12H,4-9H2,1H3,(H,21,24);2-3,10,13H,4-9H2,1H3,(H,21,25);2-3,10H,4-9H2,1H3,(H,20,23);4-5,10,12H,1-3,6-9H2. The van der Waals surface area contributed by atoms with E-state index < -0.39 is 11.6 Å². The first-order chi connectivity index (χ1) is 51.8. The first kappa shape index (κ1) is 76.1. The lowest BCUT2D eigenvalue weighted by Gasteiger charge is -2.28. The van der Waals surface area contributed by atoms with E-state index in [4.69, 9.17) is 94.8 Å². The zero-order chi connectivity index (χ0) is 74.6. The van der Waals surface area contributed by atoms with Gasteiger partial charge in [-0.05, 0) is 98.7 Å². The number of nitrogens with zero attached hydrogens (tertiary/aromatic N) is 8. The zero-order valence-corrected chi connectivity index (χ0v) is 65.2. The van der Waals surface area contributed by atoms with E-state index in [1.807, 2.05) is 61.5 Å². The molecule has 17 rings (SSSR count). The van der Waals surface area contributed by atoms with Crippen LogP contribution in [0, 0.1) is 6.92 Å². The minimum atomic E-state index is -1.00. The van der Waals surface area contributed by atoms with Crippen LogP contribution in [0.1, 0.15) is 184 Å². The molecule has 4 aromatic carbocycles. The molecule has 1 spiro atoms. The summed E-state index contributed by atoms with van der Waals surface area (Å²) >= 11 is 30.3. The van der Waals surface area contributed by atoms with E-state index in [2.05, 4.69) is 35.6 Å². The van der Waals surface area contributed by atoms with Crippen molar-refractivity contribution in [2.75, 3.05) is 152 Å². The van der Waals surface area contributed by atoms with Gasteiger partial charge in [0.2, 0.25) is 0 Å². The van der Waals surface area contributed by atoms with Gasteiger partial charge in [-0.3, -0.25) is 24.0 Å². The number of ether oxygens (including phenoxy) is 6. The van der Waals surface area contributed by atoms with Crippen molar-refractivity contribution in [3.05, 3.63) is 180 Å². The van der Waals surface area contributed by atoms with Crippen molar-refractivity contribution in [2.24, 2.45) is 0 Å². The Balaban J connectivity index is 0.000000120. The van der Waals surface area contributed by atoms with Gasteiger partial charge < -0.3 is 64.0 Å². The van der Waals surface area contributed by atoms with Crippen LogP contribution < -0.4 is 35.6 Å². The van der Waals surface area contributed by atoms with E-state index in [0.29, 0.717) is 149 Å². The van der Waals surface area contributed by atoms with Gasteiger partial charge in [0.05, 0.1) is 113 Å². The molecule has 0 bridgehead atoms. The van der Waals surface area contributed by atoms with E-state index in [0.717, 1.165) is 142 Å². The number of carbonyl (C=O) groups excluding carboxylic acids is 7. The SMILES string of the molecule is CC(=O)c1cc(C2CCNC(=O)c3sc(N4CCOCC4)nc32)ccc1Cl.COC(=O)c1cc(C2CCNC(=O)c3sc(N4CCOCC4)nc32)ccc1Cl.Cc1ccc2c(c1)C(=O)OC21CCNC(=O)c2sc(N3CCOCC3)nc21.O=C1CCCC(c2ccc(Cl)c(Cl)c2)c2nc(N3CCOCC3)sc21. The fourth-order valence-corrected chi connectivity index (χ4v) is 19.6. The van der Waals surface area contributed by atoms with Gasteiger partial charge in [-0.2, -0.15) is 0 Å². The Hall–Kier alpha value is -7.71. The number of hydrogen-bond acceptors (Lipinski definition) is 25. The lowest BCUT2D eigenvalue weighted by atomic mass is 9.85. The number of anilines is 4. The minimum Gasteiger partial charge on any atom is -0.465 e. The van der Waals surface area contributed by atoms with Crippen LogP contribution >= 0.6 is 91.8 Å². The second-order valence-electron chi connectivity index (χ2n) is 26.7. The van der Waals surface area contributed by atoms with Gasteiger partial charge in [-0.25, -0.2) is 29.5 Å². The summed E-state index contributed by atoms with van der Waals surface area (Å²) in [6, 6.07) is 22.3. The van der Waals surface area contributed by atoms with E-state index in [1.54, 1.807) is 18.2 Å². The van der Waals surface area contributed by atoms with Crippen LogP contribution in [0.25, 0.3) is 0 Å². The second-order valence-corrected chi connectivity index (χ2v) is 32.3. The summed E-state index contributed by atoms with van der Waals surface area (Å²) in [5.41, 5.74) is 8.09. The smallest absolute Gasteiger partial charge is 0.339 e. The molecule has 4 aromatic heterocycles. The molecule has 24 nitrogen and oxygen atoms in total. The highest BCUT2D eigenvalue weighted by atomic mass is 35.5. The van der Waals surface area contributed by atoms with Crippen LogP contribution in [-0.4, -0.2) is 193 Å². The number of aryl methyl sites for hydroxylation is 1. The number of thiazole rings is 4. The van der Waals surface area contributed by atoms with Crippen LogP contribution in [0.15, 0.2) is 72.8 Å². The number of Topliss-reactive ketones (excluding diaryl/α,β-unsaturated/α-hetero) is 2. The highest BCUT2D eigenvalue weighted by Crippen LogP contribution is 2.50. The molecule has 4 fully saturated rings. The number of benzene rings is 4. The van der Waals surface area contributed by atoms with Gasteiger partial charge in [-0.15, -0.1) is 0 Å². The quantitative estimate of drug-likeness (QED) is 0.0688. The van der Waals surface area contributed by atoms with Crippen molar-refractivity contribution in [1.29, 1.82) is 0 Å². The number of morpholine rings is 4. The lowest BCUT2D eigenvalue weighted by molar-refractivity contribution is 0.00671. The number of methoxy groups -OCH3 is 1. The zero-order valence-electron chi connectivity index (χ0n) is 58.9. The Morgan fingerprint density at radius 3 is 1.44 bits per heavy atom. The molecule has 562 valence electrons. The number of hydrogen-bond donors (Lipinski definition) is 3. The van der Waals surface area contributed by atoms with E-state index >= 15 is 0 Å². The molecule has 4 saturated heterocycles. The molecular weight excluding hydrogens is 1530 g/mol. The van der Waals surface area contributed by atoms with Crippen molar-refractivity contribution < 1.29 is 62.0 Å². The Morgan fingerprint density at radius 1 is 0.505 bits per heavy atom. The summed E-state index contributed by atoms with van der Waals surface area (Å²) in [5.74, 6) is -1.12. The molecule has 0 radical (unpaired) electrons. The van der Waals surface area contributed by atoms with Crippen molar-refractivity contribution in [1.82, 2.24) is 35.9 Å². The molecule has 12 heterocycles. The van der Waals surface area contributed by atoms with Crippen molar-refractivity contribution in [3.8, 4) is 0 Å². The van der Waals surface area contributed by atoms with Crippen LogP contribution in [0.3, 0.4) is 0 Å². The number of nitrogens with one attached hydrogen (secondary N) is 3. The number of halogens is 4. The first-order valence-corrected chi connectivity index (χ1v) is 40.3. The van der Waals surface area contributed by atoms with Gasteiger partial charge >= 0.3 is 11.9 Å². The summed E-state index contributed by atoms with van der Waals surface area (Å²) in [4.78, 5) is 118. The van der Waals surface area contributed by atoms with Crippen LogP contribution in [0.5, 0.6) is 0 Å². The summed E-state index contributed by atoms with van der Waals surface area (Å²) in [6.07, 6.45) is 4.22. The fourth-order valence-electron chi connectivity index (χ4n) is 14.4.